The highest BCUT2D eigenvalue weighted by Gasteiger charge is 2.22. The van der Waals surface area contributed by atoms with Crippen LogP contribution in [0.15, 0.2) is 69.9 Å². The van der Waals surface area contributed by atoms with Crippen LogP contribution in [0.25, 0.3) is 0 Å². The van der Waals surface area contributed by atoms with E-state index in [4.69, 9.17) is 9.47 Å². The molecule has 0 heterocycles. The third-order valence-electron chi connectivity index (χ3n) is 9.30. The fourth-order valence-electron chi connectivity index (χ4n) is 5.88. The first-order valence-electron chi connectivity index (χ1n) is 18.4. The molecule has 0 spiro atoms. The molecule has 1 aromatic rings. The maximum atomic E-state index is 10.7. The number of phenolic OH excluding ortho intramolecular Hbond substituents is 2. The van der Waals surface area contributed by atoms with Crippen LogP contribution in [0, 0.1) is 12.8 Å². The van der Waals surface area contributed by atoms with Gasteiger partial charge in [-0.15, -0.1) is 0 Å². The lowest BCUT2D eigenvalue weighted by Crippen LogP contribution is -1.98. The standard InChI is InChI=1S/C44H70O4/c1-32(2)18-12-19-33(3)20-13-21-34(4)22-14-23-35(5)24-15-25-36(6)26-16-27-37(7)28-17-29-38(8)30-31-40-39(9)41(45)43(47-10)44(48-11)42(40)46/h20,22,24,26,28,30,32,45-46H,12-19,21,23,25,27,29,31H2,1-11H3/b33-20+,34-22+,35-24+,36-26+,37-28+,38-30+. The van der Waals surface area contributed by atoms with Gasteiger partial charge in [-0.05, 0) is 138 Å². The molecule has 0 aliphatic heterocycles. The van der Waals surface area contributed by atoms with Gasteiger partial charge in [-0.2, -0.15) is 0 Å². The van der Waals surface area contributed by atoms with Gasteiger partial charge >= 0.3 is 0 Å². The van der Waals surface area contributed by atoms with Gasteiger partial charge < -0.3 is 19.7 Å². The smallest absolute Gasteiger partial charge is 0.207 e. The third-order valence-corrected chi connectivity index (χ3v) is 9.30. The molecule has 0 bridgehead atoms. The molecule has 1 rings (SSSR count). The maximum Gasteiger partial charge on any atom is 0.207 e. The van der Waals surface area contributed by atoms with Crippen LogP contribution in [0.3, 0.4) is 0 Å². The highest BCUT2D eigenvalue weighted by atomic mass is 16.5. The van der Waals surface area contributed by atoms with Crippen LogP contribution in [0.2, 0.25) is 0 Å². The van der Waals surface area contributed by atoms with Gasteiger partial charge in [0.05, 0.1) is 14.2 Å². The normalized spacial score (nSPS) is 13.9. The number of rotatable bonds is 23. The number of aromatic hydroxyl groups is 2. The molecular weight excluding hydrogens is 592 g/mol. The summed E-state index contributed by atoms with van der Waals surface area (Å²) in [7, 11) is 2.91. The van der Waals surface area contributed by atoms with Gasteiger partial charge in [-0.1, -0.05) is 90.2 Å². The van der Waals surface area contributed by atoms with Crippen molar-refractivity contribution in [2.75, 3.05) is 14.2 Å². The Bertz CT molecular complexity index is 1300. The van der Waals surface area contributed by atoms with E-state index in [2.05, 4.69) is 91.8 Å². The van der Waals surface area contributed by atoms with E-state index in [9.17, 15) is 10.2 Å². The Balaban J connectivity index is 2.39. The van der Waals surface area contributed by atoms with Crippen molar-refractivity contribution in [1.82, 2.24) is 0 Å². The Morgan fingerprint density at radius 1 is 0.542 bits per heavy atom. The van der Waals surface area contributed by atoms with Crippen molar-refractivity contribution in [2.24, 2.45) is 5.92 Å². The second-order valence-corrected chi connectivity index (χ2v) is 14.4. The molecule has 0 saturated carbocycles. The van der Waals surface area contributed by atoms with E-state index in [1.807, 2.05) is 0 Å². The number of methoxy groups -OCH3 is 2. The van der Waals surface area contributed by atoms with Crippen LogP contribution in [0.4, 0.5) is 0 Å². The lowest BCUT2D eigenvalue weighted by atomic mass is 9.99. The summed E-state index contributed by atoms with van der Waals surface area (Å²) in [4.78, 5) is 0. The number of phenols is 2. The molecule has 0 atom stereocenters. The summed E-state index contributed by atoms with van der Waals surface area (Å²) in [6, 6.07) is 0. The van der Waals surface area contributed by atoms with Gasteiger partial charge in [-0.3, -0.25) is 0 Å². The molecule has 0 amide bonds. The van der Waals surface area contributed by atoms with Crippen molar-refractivity contribution >= 4 is 0 Å². The molecule has 0 aromatic heterocycles. The van der Waals surface area contributed by atoms with Crippen LogP contribution in [0.5, 0.6) is 23.0 Å². The number of benzene rings is 1. The molecule has 0 aliphatic carbocycles. The molecule has 48 heavy (non-hydrogen) atoms. The van der Waals surface area contributed by atoms with E-state index in [-0.39, 0.29) is 23.0 Å². The van der Waals surface area contributed by atoms with Crippen molar-refractivity contribution < 1.29 is 19.7 Å². The summed E-state index contributed by atoms with van der Waals surface area (Å²) >= 11 is 0. The van der Waals surface area contributed by atoms with E-state index in [1.165, 1.54) is 74.2 Å². The zero-order valence-corrected chi connectivity index (χ0v) is 32.7. The minimum atomic E-state index is 0.00774. The van der Waals surface area contributed by atoms with Gasteiger partial charge in [-0.25, -0.2) is 0 Å². The van der Waals surface area contributed by atoms with Crippen molar-refractivity contribution in [1.29, 1.82) is 0 Å². The van der Waals surface area contributed by atoms with Gasteiger partial charge in [0.2, 0.25) is 11.5 Å². The van der Waals surface area contributed by atoms with Crippen LogP contribution >= 0.6 is 0 Å². The van der Waals surface area contributed by atoms with Crippen molar-refractivity contribution in [2.45, 2.75) is 152 Å². The second-order valence-electron chi connectivity index (χ2n) is 14.4. The molecule has 0 aliphatic rings. The number of allylic oxidation sites excluding steroid dienone is 12. The summed E-state index contributed by atoms with van der Waals surface area (Å²) in [6.07, 6.45) is 29.7. The third kappa shape index (κ3) is 17.3. The molecule has 270 valence electrons. The lowest BCUT2D eigenvalue weighted by molar-refractivity contribution is 0.314. The van der Waals surface area contributed by atoms with Crippen LogP contribution in [0.1, 0.15) is 150 Å². The minimum absolute atomic E-state index is 0.00774. The van der Waals surface area contributed by atoms with E-state index in [0.717, 1.165) is 57.3 Å². The molecule has 0 fully saturated rings. The molecule has 4 nitrogen and oxygen atoms in total. The Morgan fingerprint density at radius 2 is 0.875 bits per heavy atom. The zero-order chi connectivity index (χ0) is 36.1. The van der Waals surface area contributed by atoms with Gasteiger partial charge in [0.15, 0.2) is 11.5 Å². The van der Waals surface area contributed by atoms with E-state index < -0.39 is 0 Å². The highest BCUT2D eigenvalue weighted by Crippen LogP contribution is 2.48. The molecule has 0 saturated heterocycles. The minimum Gasteiger partial charge on any atom is -0.504 e. The van der Waals surface area contributed by atoms with Crippen LogP contribution < -0.4 is 9.47 Å². The van der Waals surface area contributed by atoms with Gasteiger partial charge in [0, 0.05) is 11.1 Å². The SMILES string of the molecule is COc1c(O)c(C)c(C/C=C(\C)CC/C=C(\C)CC/C=C(\C)CC/C=C(\C)CC/C=C(\C)CC/C=C(\C)CCCC(C)C)c(O)c1OC. The highest BCUT2D eigenvalue weighted by molar-refractivity contribution is 5.66. The Kier molecular flexibility index (Phi) is 21.5. The van der Waals surface area contributed by atoms with E-state index >= 15 is 0 Å². The van der Waals surface area contributed by atoms with Gasteiger partial charge in [0.25, 0.3) is 0 Å². The largest absolute Gasteiger partial charge is 0.504 e. The molecule has 4 heteroatoms. The van der Waals surface area contributed by atoms with Gasteiger partial charge in [0.1, 0.15) is 0 Å². The average Bonchev–Trinajstić information content (AvgIpc) is 3.02. The molecule has 1 aromatic carbocycles. The maximum absolute atomic E-state index is 10.7. The van der Waals surface area contributed by atoms with E-state index in [0.29, 0.717) is 17.5 Å². The molecular formula is C44H70O4. The van der Waals surface area contributed by atoms with E-state index in [1.54, 1.807) is 12.5 Å². The Morgan fingerprint density at radius 3 is 1.23 bits per heavy atom. The second kappa shape index (κ2) is 24.1. The van der Waals surface area contributed by atoms with Crippen molar-refractivity contribution in [3.8, 4) is 23.0 Å². The Hall–Kier alpha value is -3.14. The summed E-state index contributed by atoms with van der Waals surface area (Å²) < 4.78 is 10.5. The predicted molar refractivity (Wildman–Crippen MR) is 209 cm³/mol. The fraction of sp³-hybridized carbons (Fsp3) is 0.591. The van der Waals surface area contributed by atoms with Crippen molar-refractivity contribution in [3.63, 3.8) is 0 Å². The number of hydrogen-bond donors (Lipinski definition) is 2. The molecule has 0 unspecified atom stereocenters. The summed E-state index contributed by atoms with van der Waals surface area (Å²) in [5.74, 6) is 1.17. The first kappa shape index (κ1) is 42.9. The molecule has 0 radical (unpaired) electrons. The summed E-state index contributed by atoms with van der Waals surface area (Å²) in [6.45, 7) is 19.9. The Labute approximate surface area is 295 Å². The lowest BCUT2D eigenvalue weighted by Gasteiger charge is -2.17. The predicted octanol–water partition coefficient (Wildman–Crippen LogP) is 13.4. The summed E-state index contributed by atoms with van der Waals surface area (Å²) in [5, 5.41) is 21.2. The fourth-order valence-corrected chi connectivity index (χ4v) is 5.88. The summed E-state index contributed by atoms with van der Waals surface area (Å²) in [5.41, 5.74) is 10.0. The van der Waals surface area contributed by atoms with Crippen LogP contribution in [-0.2, 0) is 6.42 Å². The topological polar surface area (TPSA) is 58.9 Å². The number of hydrogen-bond acceptors (Lipinski definition) is 4. The average molecular weight is 663 g/mol. The van der Waals surface area contributed by atoms with Crippen LogP contribution in [-0.4, -0.2) is 24.4 Å². The zero-order valence-electron chi connectivity index (χ0n) is 32.7. The monoisotopic (exact) mass is 663 g/mol. The first-order chi connectivity index (χ1) is 22.8. The molecule has 2 N–H and O–H groups in total. The number of ether oxygens (including phenoxy) is 2. The van der Waals surface area contributed by atoms with Crippen molar-refractivity contribution in [3.05, 3.63) is 81.0 Å². The first-order valence-corrected chi connectivity index (χ1v) is 18.4. The quantitative estimate of drug-likeness (QED) is 0.0904.